The molecule has 0 aromatic rings. The third kappa shape index (κ3) is 10.8. The molecule has 6 rings (SSSR count). The molecule has 6 aliphatic rings. The van der Waals surface area contributed by atoms with E-state index < -0.39 is 211 Å². The summed E-state index contributed by atoms with van der Waals surface area (Å²) in [6.07, 6.45) is -54.8. The highest BCUT2D eigenvalue weighted by molar-refractivity contribution is 4.99. The number of aliphatic hydroxyl groups is 18. The molecule has 29 nitrogen and oxygen atoms in total. The molecule has 65 heavy (non-hydrogen) atoms. The van der Waals surface area contributed by atoms with E-state index >= 15 is 0 Å². The predicted molar refractivity (Wildman–Crippen MR) is 196 cm³/mol. The highest BCUT2D eigenvalue weighted by Crippen LogP contribution is 2.37. The van der Waals surface area contributed by atoms with E-state index in [1.165, 1.54) is 13.8 Å². The van der Waals surface area contributed by atoms with Gasteiger partial charge in [0, 0.05) is 0 Å². The van der Waals surface area contributed by atoms with Crippen LogP contribution in [0.2, 0.25) is 0 Å². The molecule has 6 fully saturated rings. The fourth-order valence-corrected chi connectivity index (χ4v) is 8.39. The molecular weight excluding hydrogens is 896 g/mol. The molecule has 6 heterocycles. The topological polar surface area (TPSA) is 466 Å². The van der Waals surface area contributed by atoms with Crippen LogP contribution in [0.5, 0.6) is 0 Å². The Morgan fingerprint density at radius 3 is 1.20 bits per heavy atom. The molecule has 0 bridgehead atoms. The lowest BCUT2D eigenvalue weighted by Gasteiger charge is -2.50. The molecule has 0 unspecified atom stereocenters. The van der Waals surface area contributed by atoms with Gasteiger partial charge in [0.05, 0.1) is 38.6 Å². The summed E-state index contributed by atoms with van der Waals surface area (Å²) < 4.78 is 61.5. The molecule has 380 valence electrons. The standard InChI is InChI=1S/C36H62O29/c1-7-13(42)18(47)30(65-35-23(52)28(16(45)11(5-39)59-35)63-32-20(49)19(48)25(60-32)9(41)3-37)36(56-7)64-29-17(46)12(6-40)58-34(24(29)53)61-26-14(43)8(2)55-33(22(26)51)62-27-15(44)10(4-38)57-31(54)21(27)50/h7-54H,3-6H2,1-2H3/t7-,8-,9+,10+,11+,12+,13-,14-,15+,16-,17+,18+,19+,20+,21+,22+,23+,24-,25-,26+,27-,28-,29-,30+,31+,32-,33-,34+,35+,36-/m0/s1. The Kier molecular flexibility index (Phi) is 18.2. The lowest BCUT2D eigenvalue weighted by Crippen LogP contribution is -2.68. The van der Waals surface area contributed by atoms with Crippen LogP contribution in [0.4, 0.5) is 0 Å². The lowest BCUT2D eigenvalue weighted by molar-refractivity contribution is -0.399. The molecule has 0 saturated carbocycles. The molecule has 0 radical (unpaired) electrons. The van der Waals surface area contributed by atoms with Crippen molar-refractivity contribution < 1.29 is 144 Å². The molecule has 0 aromatic heterocycles. The third-order valence-electron chi connectivity index (χ3n) is 12.3. The smallest absolute Gasteiger partial charge is 0.187 e. The van der Waals surface area contributed by atoms with Gasteiger partial charge in [0.25, 0.3) is 0 Å². The maximum atomic E-state index is 11.6. The van der Waals surface area contributed by atoms with Gasteiger partial charge in [-0.1, -0.05) is 0 Å². The second-order valence-corrected chi connectivity index (χ2v) is 16.7. The Bertz CT molecular complexity index is 1470. The maximum absolute atomic E-state index is 11.6. The van der Waals surface area contributed by atoms with Crippen LogP contribution < -0.4 is 0 Å². The minimum Gasteiger partial charge on any atom is -0.394 e. The first-order valence-electron chi connectivity index (χ1n) is 20.9. The highest BCUT2D eigenvalue weighted by Gasteiger charge is 2.58. The van der Waals surface area contributed by atoms with E-state index in [1.54, 1.807) is 0 Å². The quantitative estimate of drug-likeness (QED) is 0.0724. The highest BCUT2D eigenvalue weighted by atomic mass is 16.8. The van der Waals surface area contributed by atoms with E-state index in [0.29, 0.717) is 0 Å². The van der Waals surface area contributed by atoms with Gasteiger partial charge in [-0.05, 0) is 13.8 Å². The van der Waals surface area contributed by atoms with Crippen LogP contribution in [0.15, 0.2) is 0 Å². The monoisotopic (exact) mass is 958 g/mol. The van der Waals surface area contributed by atoms with Crippen LogP contribution in [-0.2, 0) is 52.1 Å². The van der Waals surface area contributed by atoms with Crippen LogP contribution in [-0.4, -0.2) is 303 Å². The summed E-state index contributed by atoms with van der Waals surface area (Å²) >= 11 is 0. The average Bonchev–Trinajstić information content (AvgIpc) is 3.56. The van der Waals surface area contributed by atoms with Gasteiger partial charge in [0.2, 0.25) is 0 Å². The summed E-state index contributed by atoms with van der Waals surface area (Å²) in [4.78, 5) is 0. The summed E-state index contributed by atoms with van der Waals surface area (Å²) in [5.41, 5.74) is 0. The van der Waals surface area contributed by atoms with E-state index in [-0.39, 0.29) is 0 Å². The van der Waals surface area contributed by atoms with Crippen molar-refractivity contribution in [2.75, 3.05) is 26.4 Å². The Hall–Kier alpha value is -1.16. The van der Waals surface area contributed by atoms with Crippen molar-refractivity contribution in [3.05, 3.63) is 0 Å². The Balaban J connectivity index is 1.19. The SMILES string of the molecule is C[C@@H]1O[C@@H](O[C@@H]2[C@H](O)[C@@H](O[C@@H]3[C@@H](O)[C@H](C)O[C@@H](O[C@@H]4[C@@H](O)[C@H](O)O[C@H](CO)[C@H]4O)[C@@H]3O)O[C@H](CO)[C@H]2O)[C@H](O[C@H]2O[C@H](CO)[C@H](O)[C@H](O[C@@H]3O[C@@H]([C@H](O)CO)[C@H](O)[C@H]3O)[C@H]2O)[C@H](O)[C@H]1O. The summed E-state index contributed by atoms with van der Waals surface area (Å²) in [5.74, 6) is 0. The molecule has 0 aromatic carbocycles. The number of hydrogen-bond donors (Lipinski definition) is 18. The molecule has 0 amide bonds. The van der Waals surface area contributed by atoms with Gasteiger partial charge in [-0.3, -0.25) is 0 Å². The zero-order valence-corrected chi connectivity index (χ0v) is 34.7. The van der Waals surface area contributed by atoms with E-state index in [4.69, 9.17) is 52.1 Å². The van der Waals surface area contributed by atoms with E-state index in [0.717, 1.165) is 0 Å². The predicted octanol–water partition coefficient (Wildman–Crippen LogP) is -12.0. The number of ether oxygens (including phenoxy) is 11. The second-order valence-electron chi connectivity index (χ2n) is 16.7. The summed E-state index contributed by atoms with van der Waals surface area (Å²) in [5, 5.41) is 191. The van der Waals surface area contributed by atoms with Gasteiger partial charge in [-0.2, -0.15) is 0 Å². The molecule has 0 aliphatic carbocycles. The number of aliphatic hydroxyl groups excluding tert-OH is 18. The van der Waals surface area contributed by atoms with Crippen molar-refractivity contribution in [2.45, 2.75) is 198 Å². The van der Waals surface area contributed by atoms with Crippen LogP contribution in [0.25, 0.3) is 0 Å². The minimum atomic E-state index is -2.16. The molecular formula is C36H62O29. The normalized spacial score (nSPS) is 53.8. The van der Waals surface area contributed by atoms with Gasteiger partial charge in [-0.15, -0.1) is 0 Å². The van der Waals surface area contributed by atoms with Crippen molar-refractivity contribution in [3.8, 4) is 0 Å². The molecule has 30 atom stereocenters. The van der Waals surface area contributed by atoms with Gasteiger partial charge < -0.3 is 144 Å². The van der Waals surface area contributed by atoms with Crippen LogP contribution in [0.3, 0.4) is 0 Å². The van der Waals surface area contributed by atoms with Gasteiger partial charge >= 0.3 is 0 Å². The lowest BCUT2D eigenvalue weighted by atomic mass is 9.95. The van der Waals surface area contributed by atoms with Crippen molar-refractivity contribution in [1.29, 1.82) is 0 Å². The average molecular weight is 959 g/mol. The van der Waals surface area contributed by atoms with Gasteiger partial charge in [0.15, 0.2) is 37.7 Å². The Morgan fingerprint density at radius 1 is 0.354 bits per heavy atom. The van der Waals surface area contributed by atoms with E-state index in [1.807, 2.05) is 0 Å². The summed E-state index contributed by atoms with van der Waals surface area (Å²) in [6, 6.07) is 0. The van der Waals surface area contributed by atoms with Crippen molar-refractivity contribution >= 4 is 0 Å². The number of hydrogen-bond acceptors (Lipinski definition) is 29. The zero-order valence-electron chi connectivity index (χ0n) is 34.7. The molecule has 29 heteroatoms. The zero-order chi connectivity index (χ0) is 47.9. The first-order valence-corrected chi connectivity index (χ1v) is 20.9. The van der Waals surface area contributed by atoms with Crippen LogP contribution >= 0.6 is 0 Å². The van der Waals surface area contributed by atoms with Crippen molar-refractivity contribution in [2.24, 2.45) is 0 Å². The van der Waals surface area contributed by atoms with E-state index in [9.17, 15) is 91.9 Å². The molecule has 6 aliphatic heterocycles. The largest absolute Gasteiger partial charge is 0.394 e. The fraction of sp³-hybridized carbons (Fsp3) is 1.00. The third-order valence-corrected chi connectivity index (χ3v) is 12.3. The maximum Gasteiger partial charge on any atom is 0.187 e. The summed E-state index contributed by atoms with van der Waals surface area (Å²) in [6.45, 7) is -1.06. The Labute approximate surface area is 368 Å². The second kappa shape index (κ2) is 22.3. The summed E-state index contributed by atoms with van der Waals surface area (Å²) in [7, 11) is 0. The van der Waals surface area contributed by atoms with Gasteiger partial charge in [-0.25, -0.2) is 0 Å². The number of rotatable bonds is 15. The molecule has 18 N–H and O–H groups in total. The Morgan fingerprint density at radius 2 is 0.723 bits per heavy atom. The molecule has 6 saturated heterocycles. The fourth-order valence-electron chi connectivity index (χ4n) is 8.39. The van der Waals surface area contributed by atoms with E-state index in [2.05, 4.69) is 0 Å². The molecule has 0 spiro atoms. The first-order chi connectivity index (χ1) is 30.7. The van der Waals surface area contributed by atoms with Crippen molar-refractivity contribution in [1.82, 2.24) is 0 Å². The first kappa shape index (κ1) is 53.2. The van der Waals surface area contributed by atoms with Crippen LogP contribution in [0.1, 0.15) is 13.8 Å². The van der Waals surface area contributed by atoms with Gasteiger partial charge in [0.1, 0.15) is 134 Å². The minimum absolute atomic E-state index is 0.815. The van der Waals surface area contributed by atoms with Crippen LogP contribution in [0, 0.1) is 0 Å². The van der Waals surface area contributed by atoms with Crippen molar-refractivity contribution in [3.63, 3.8) is 0 Å².